The Balaban J connectivity index is 1.54. The van der Waals surface area contributed by atoms with Crippen LogP contribution in [-0.4, -0.2) is 34.0 Å². The summed E-state index contributed by atoms with van der Waals surface area (Å²) >= 11 is 6.92. The third-order valence-electron chi connectivity index (χ3n) is 3.92. The molecule has 3 aromatic rings. The molecule has 0 fully saturated rings. The van der Waals surface area contributed by atoms with E-state index >= 15 is 0 Å². The lowest BCUT2D eigenvalue weighted by atomic mass is 10.2. The minimum Gasteiger partial charge on any atom is -0.456 e. The van der Waals surface area contributed by atoms with E-state index in [2.05, 4.69) is 10.4 Å². The van der Waals surface area contributed by atoms with E-state index in [1.54, 1.807) is 36.4 Å². The highest BCUT2D eigenvalue weighted by Crippen LogP contribution is 2.23. The van der Waals surface area contributed by atoms with E-state index in [1.165, 1.54) is 10.9 Å². The molecule has 0 aliphatic heterocycles. The van der Waals surface area contributed by atoms with Crippen molar-refractivity contribution in [3.63, 3.8) is 0 Å². The van der Waals surface area contributed by atoms with Crippen LogP contribution in [0.5, 0.6) is 0 Å². The van der Waals surface area contributed by atoms with Crippen LogP contribution in [0.4, 0.5) is 5.82 Å². The van der Waals surface area contributed by atoms with E-state index in [4.69, 9.17) is 16.3 Å². The fraction of sp³-hybridized carbons (Fsp3) is 0.150. The molecule has 0 unspecified atom stereocenters. The molecule has 1 N–H and O–H groups in total. The second-order valence-electron chi connectivity index (χ2n) is 6.00. The molecular formula is C20H15ClN4O4S. The van der Waals surface area contributed by atoms with Crippen molar-refractivity contribution in [2.24, 2.45) is 0 Å². The van der Waals surface area contributed by atoms with Crippen LogP contribution in [0.3, 0.4) is 0 Å². The maximum Gasteiger partial charge on any atom is 0.306 e. The molecule has 8 nitrogen and oxygen atoms in total. The molecule has 0 aliphatic carbocycles. The Morgan fingerprint density at radius 2 is 1.93 bits per heavy atom. The van der Waals surface area contributed by atoms with Gasteiger partial charge in [0.1, 0.15) is 11.6 Å². The third kappa shape index (κ3) is 5.31. The molecule has 0 saturated heterocycles. The van der Waals surface area contributed by atoms with Gasteiger partial charge in [-0.3, -0.25) is 14.4 Å². The van der Waals surface area contributed by atoms with Crippen molar-refractivity contribution < 1.29 is 19.1 Å². The number of esters is 1. The number of aromatic nitrogens is 2. The van der Waals surface area contributed by atoms with Crippen molar-refractivity contribution in [3.05, 3.63) is 63.4 Å². The van der Waals surface area contributed by atoms with Crippen molar-refractivity contribution in [2.45, 2.75) is 12.8 Å². The van der Waals surface area contributed by atoms with E-state index < -0.39 is 18.5 Å². The number of para-hydroxylation sites is 1. The van der Waals surface area contributed by atoms with E-state index in [-0.39, 0.29) is 30.0 Å². The van der Waals surface area contributed by atoms with Gasteiger partial charge in [0.2, 0.25) is 0 Å². The molecule has 2 aromatic heterocycles. The first-order chi connectivity index (χ1) is 14.5. The van der Waals surface area contributed by atoms with Crippen molar-refractivity contribution in [2.75, 3.05) is 11.9 Å². The number of nitriles is 1. The highest BCUT2D eigenvalue weighted by Gasteiger charge is 2.17. The molecule has 0 atom stereocenters. The Morgan fingerprint density at radius 1 is 1.17 bits per heavy atom. The number of halogens is 1. The van der Waals surface area contributed by atoms with Gasteiger partial charge in [-0.2, -0.15) is 10.4 Å². The summed E-state index contributed by atoms with van der Waals surface area (Å²) in [5, 5.41) is 15.9. The number of ketones is 1. The molecule has 152 valence electrons. The second kappa shape index (κ2) is 9.82. The largest absolute Gasteiger partial charge is 0.456 e. The number of rotatable bonds is 8. The number of benzene rings is 1. The molecule has 0 bridgehead atoms. The summed E-state index contributed by atoms with van der Waals surface area (Å²) in [6.07, 6.45) is 1.13. The summed E-state index contributed by atoms with van der Waals surface area (Å²) in [5.41, 5.74) is 0.817. The summed E-state index contributed by atoms with van der Waals surface area (Å²) in [5.74, 6) is -1.36. The molecule has 3 rings (SSSR count). The zero-order valence-corrected chi connectivity index (χ0v) is 17.1. The van der Waals surface area contributed by atoms with Gasteiger partial charge in [-0.15, -0.1) is 11.3 Å². The van der Waals surface area contributed by atoms with Crippen LogP contribution < -0.4 is 5.32 Å². The molecule has 30 heavy (non-hydrogen) atoms. The predicted octanol–water partition coefficient (Wildman–Crippen LogP) is 3.60. The van der Waals surface area contributed by atoms with Crippen molar-refractivity contribution in [1.82, 2.24) is 9.78 Å². The highest BCUT2D eigenvalue weighted by atomic mass is 35.5. The normalized spacial score (nSPS) is 10.3. The lowest BCUT2D eigenvalue weighted by Gasteiger charge is -2.10. The first-order valence-corrected chi connectivity index (χ1v) is 9.95. The molecule has 10 heteroatoms. The fourth-order valence-electron chi connectivity index (χ4n) is 2.50. The van der Waals surface area contributed by atoms with Crippen LogP contribution in [0.2, 0.25) is 4.34 Å². The van der Waals surface area contributed by atoms with Gasteiger partial charge in [0.15, 0.2) is 18.2 Å². The van der Waals surface area contributed by atoms with Crippen molar-refractivity contribution in [1.29, 1.82) is 5.26 Å². The third-order valence-corrected chi connectivity index (χ3v) is 5.19. The van der Waals surface area contributed by atoms with Gasteiger partial charge in [-0.25, -0.2) is 4.68 Å². The van der Waals surface area contributed by atoms with Crippen LogP contribution >= 0.6 is 22.9 Å². The van der Waals surface area contributed by atoms with Crippen LogP contribution in [0, 0.1) is 11.3 Å². The zero-order valence-electron chi connectivity index (χ0n) is 15.5. The summed E-state index contributed by atoms with van der Waals surface area (Å²) in [6.45, 7) is -0.553. The average Bonchev–Trinajstić information content (AvgIpc) is 3.37. The quantitative estimate of drug-likeness (QED) is 0.421. The van der Waals surface area contributed by atoms with E-state index in [0.717, 1.165) is 11.3 Å². The lowest BCUT2D eigenvalue weighted by Crippen LogP contribution is -2.23. The van der Waals surface area contributed by atoms with Crippen molar-refractivity contribution >= 4 is 46.4 Å². The summed E-state index contributed by atoms with van der Waals surface area (Å²) in [7, 11) is 0. The second-order valence-corrected chi connectivity index (χ2v) is 7.72. The maximum absolute atomic E-state index is 12.2. The number of ether oxygens (including phenoxy) is 1. The lowest BCUT2D eigenvalue weighted by molar-refractivity contribution is -0.147. The number of hydrogen-bond donors (Lipinski definition) is 1. The minimum atomic E-state index is -0.682. The summed E-state index contributed by atoms with van der Waals surface area (Å²) in [4.78, 5) is 36.5. The Morgan fingerprint density at radius 3 is 2.60 bits per heavy atom. The van der Waals surface area contributed by atoms with Crippen LogP contribution in [0.15, 0.2) is 48.7 Å². The molecule has 0 aliphatic rings. The van der Waals surface area contributed by atoms with Gasteiger partial charge in [-0.1, -0.05) is 29.8 Å². The number of nitrogens with one attached hydrogen (secondary N) is 1. The molecule has 1 aromatic carbocycles. The number of hydrogen-bond acceptors (Lipinski definition) is 7. The molecule has 0 spiro atoms. The van der Waals surface area contributed by atoms with Crippen molar-refractivity contribution in [3.8, 4) is 11.8 Å². The van der Waals surface area contributed by atoms with Crippen LogP contribution in [0.25, 0.3) is 5.69 Å². The van der Waals surface area contributed by atoms with E-state index in [1.807, 2.05) is 12.1 Å². The number of carbonyl (C=O) groups is 3. The monoisotopic (exact) mass is 442 g/mol. The Kier molecular flexibility index (Phi) is 6.95. The van der Waals surface area contributed by atoms with Gasteiger partial charge >= 0.3 is 5.97 Å². The maximum atomic E-state index is 12.2. The number of carbonyl (C=O) groups excluding carboxylic acids is 3. The Hall–Kier alpha value is -3.48. The van der Waals surface area contributed by atoms with Gasteiger partial charge in [-0.05, 0) is 24.3 Å². The van der Waals surface area contributed by atoms with Gasteiger partial charge in [0, 0.05) is 6.42 Å². The first kappa shape index (κ1) is 21.2. The zero-order chi connectivity index (χ0) is 21.5. The standard InChI is InChI=1S/C20H15ClN4O4S/c21-17-8-7-16(30-17)15(26)6-9-19(28)29-12-18(27)24-20-13(10-22)11-23-25(20)14-4-2-1-3-5-14/h1-5,7-8,11H,6,9,12H2,(H,24,27). The number of amides is 1. The average molecular weight is 443 g/mol. The SMILES string of the molecule is N#Cc1cnn(-c2ccccc2)c1NC(=O)COC(=O)CCC(=O)c1ccc(Cl)s1. The minimum absolute atomic E-state index is 0.0450. The number of thiophene rings is 1. The number of anilines is 1. The summed E-state index contributed by atoms with van der Waals surface area (Å²) in [6, 6.07) is 14.1. The predicted molar refractivity (Wildman–Crippen MR) is 111 cm³/mol. The first-order valence-electron chi connectivity index (χ1n) is 8.75. The Bertz CT molecular complexity index is 1120. The van der Waals surface area contributed by atoms with Gasteiger partial charge < -0.3 is 10.1 Å². The smallest absolute Gasteiger partial charge is 0.306 e. The number of nitrogens with zero attached hydrogens (tertiary/aromatic N) is 3. The molecular weight excluding hydrogens is 428 g/mol. The Labute approximate surface area is 180 Å². The molecule has 1 amide bonds. The topological polar surface area (TPSA) is 114 Å². The van der Waals surface area contributed by atoms with Crippen LogP contribution in [-0.2, 0) is 14.3 Å². The highest BCUT2D eigenvalue weighted by molar-refractivity contribution is 7.18. The van der Waals surface area contributed by atoms with Crippen LogP contribution in [0.1, 0.15) is 28.1 Å². The van der Waals surface area contributed by atoms with Gasteiger partial charge in [0.25, 0.3) is 5.91 Å². The molecule has 2 heterocycles. The fourth-order valence-corrected chi connectivity index (χ4v) is 3.52. The van der Waals surface area contributed by atoms with Gasteiger partial charge in [0.05, 0.1) is 27.5 Å². The number of Topliss-reactive ketones (excluding diaryl/α,β-unsaturated/α-hetero) is 1. The summed E-state index contributed by atoms with van der Waals surface area (Å²) < 4.78 is 6.82. The van der Waals surface area contributed by atoms with E-state index in [9.17, 15) is 19.6 Å². The molecule has 0 saturated carbocycles. The van der Waals surface area contributed by atoms with E-state index in [0.29, 0.717) is 14.9 Å². The molecule has 0 radical (unpaired) electrons.